The summed E-state index contributed by atoms with van der Waals surface area (Å²) in [7, 11) is 1.25. The van der Waals surface area contributed by atoms with Crippen molar-refractivity contribution in [3.8, 4) is 0 Å². The maximum absolute atomic E-state index is 13.1. The molecular formula is C83H147N2O6P. The van der Waals surface area contributed by atoms with Gasteiger partial charge in [-0.15, -0.1) is 0 Å². The zero-order chi connectivity index (χ0) is 66.9. The SMILES string of the molecule is CC/C=C\C/C=C\C/C=C\C/C=C\C/C=C\C/C=C\C/C=C\C/C=C\C/C=C\C/C=C\CCCCCCCCCCCCC(=O)NC(COP(=O)([O-])OCC[N+](C)(C)C)C(O)/C=C/CCCCCCCCCCCCCCCCCCCCCCCCCCCCC. The third kappa shape index (κ3) is 74.0. The van der Waals surface area contributed by atoms with Gasteiger partial charge in [-0.1, -0.05) is 366 Å². The molecule has 8 nitrogen and oxygen atoms in total. The minimum absolute atomic E-state index is 0.00679. The molecule has 92 heavy (non-hydrogen) atoms. The van der Waals surface area contributed by atoms with Gasteiger partial charge in [0.05, 0.1) is 39.9 Å². The van der Waals surface area contributed by atoms with Crippen LogP contribution in [0.15, 0.2) is 134 Å². The molecule has 0 heterocycles. The van der Waals surface area contributed by atoms with Crippen LogP contribution in [0.2, 0.25) is 0 Å². The standard InChI is InChI=1S/C83H147N2O6P/c1-6-8-10-12-14-16-18-20-22-24-26-28-30-32-34-36-37-38-39-40-41-42-43-44-45-46-47-49-51-53-55-57-59-61-63-65-67-69-71-73-75-77-83(87)84-81(80-91-92(88,89)90-79-78-85(3,4)5)82(86)76-74-72-70-68-66-64-62-60-58-56-54-52-50-48-35-33-31-29-27-25-23-21-19-17-15-13-11-9-7-2/h8,10,14,16,20,22,26,28,32,34,37-38,40-41,43-44,46-47,51,53,74,76,81-82,86H,6-7,9,11-13,15,17-19,21,23-25,27,29-31,33,35-36,39,42,45,48-50,52,54-73,75,77-80H2,1-5H3,(H-,84,87,88,89)/b10-8-,16-14-,22-20-,28-26-,34-32-,38-37-,41-40-,44-43-,47-46-,53-51-,76-74+. The highest BCUT2D eigenvalue weighted by Gasteiger charge is 2.23. The summed E-state index contributed by atoms with van der Waals surface area (Å²) in [6.45, 7) is 4.56. The summed E-state index contributed by atoms with van der Waals surface area (Å²) in [6.07, 6.45) is 109. The molecule has 530 valence electrons. The van der Waals surface area contributed by atoms with Crippen LogP contribution in [0.3, 0.4) is 0 Å². The Bertz CT molecular complexity index is 1970. The van der Waals surface area contributed by atoms with E-state index in [4.69, 9.17) is 9.05 Å². The van der Waals surface area contributed by atoms with Crippen molar-refractivity contribution in [2.45, 2.75) is 347 Å². The molecule has 0 rings (SSSR count). The van der Waals surface area contributed by atoms with E-state index in [0.29, 0.717) is 17.4 Å². The third-order valence-corrected chi connectivity index (χ3v) is 17.8. The zero-order valence-corrected chi connectivity index (χ0v) is 61.6. The number of rotatable bonds is 70. The molecule has 3 unspecified atom stereocenters. The molecule has 3 atom stereocenters. The summed E-state index contributed by atoms with van der Waals surface area (Å²) in [6, 6.07) is -0.900. The molecule has 0 aromatic carbocycles. The molecule has 0 aromatic rings. The van der Waals surface area contributed by atoms with Crippen LogP contribution in [0.4, 0.5) is 0 Å². The fourth-order valence-electron chi connectivity index (χ4n) is 11.0. The number of quaternary nitrogens is 1. The van der Waals surface area contributed by atoms with Crippen LogP contribution in [0.5, 0.6) is 0 Å². The number of hydrogen-bond acceptors (Lipinski definition) is 6. The van der Waals surface area contributed by atoms with E-state index in [0.717, 1.165) is 109 Å². The maximum atomic E-state index is 13.1. The molecule has 0 aliphatic carbocycles. The second-order valence-corrected chi connectivity index (χ2v) is 28.4. The van der Waals surface area contributed by atoms with Crippen LogP contribution in [-0.4, -0.2) is 68.5 Å². The van der Waals surface area contributed by atoms with Gasteiger partial charge in [-0.3, -0.25) is 9.36 Å². The van der Waals surface area contributed by atoms with Gasteiger partial charge in [0.25, 0.3) is 7.82 Å². The molecular weight excluding hydrogens is 1150 g/mol. The predicted molar refractivity (Wildman–Crippen MR) is 403 cm³/mol. The molecule has 0 aliphatic rings. The highest BCUT2D eigenvalue weighted by Crippen LogP contribution is 2.38. The summed E-state index contributed by atoms with van der Waals surface area (Å²) in [5, 5.41) is 14.0. The summed E-state index contributed by atoms with van der Waals surface area (Å²) in [4.78, 5) is 25.7. The molecule has 0 saturated carbocycles. The second-order valence-electron chi connectivity index (χ2n) is 27.0. The number of phosphoric acid groups is 1. The van der Waals surface area contributed by atoms with Crippen LogP contribution in [-0.2, 0) is 18.4 Å². The molecule has 0 radical (unpaired) electrons. The molecule has 0 fully saturated rings. The van der Waals surface area contributed by atoms with Crippen LogP contribution in [0, 0.1) is 0 Å². The Labute approximate surface area is 570 Å². The second kappa shape index (κ2) is 71.9. The largest absolute Gasteiger partial charge is 0.756 e. The zero-order valence-electron chi connectivity index (χ0n) is 60.7. The molecule has 0 saturated heterocycles. The van der Waals surface area contributed by atoms with E-state index in [1.165, 1.54) is 205 Å². The van der Waals surface area contributed by atoms with Crippen molar-refractivity contribution < 1.29 is 32.9 Å². The van der Waals surface area contributed by atoms with Gasteiger partial charge in [-0.25, -0.2) is 0 Å². The Balaban J connectivity index is 4.08. The lowest BCUT2D eigenvalue weighted by Gasteiger charge is -2.29. The number of phosphoric ester groups is 1. The number of allylic oxidation sites excluding steroid dienone is 21. The number of amides is 1. The van der Waals surface area contributed by atoms with Gasteiger partial charge < -0.3 is 28.8 Å². The van der Waals surface area contributed by atoms with E-state index in [1.54, 1.807) is 6.08 Å². The van der Waals surface area contributed by atoms with E-state index in [-0.39, 0.29) is 19.1 Å². The Morgan fingerprint density at radius 1 is 0.391 bits per heavy atom. The fraction of sp³-hybridized carbons (Fsp3) is 0.723. The first-order chi connectivity index (χ1) is 45.0. The fourth-order valence-corrected chi connectivity index (χ4v) is 11.7. The number of hydrogen-bond donors (Lipinski definition) is 2. The van der Waals surface area contributed by atoms with Crippen molar-refractivity contribution in [1.29, 1.82) is 0 Å². The summed E-state index contributed by atoms with van der Waals surface area (Å²) in [5.74, 6) is -0.203. The molecule has 1 amide bonds. The number of carbonyl (C=O) groups is 1. The molecule has 2 N–H and O–H groups in total. The van der Waals surface area contributed by atoms with E-state index in [2.05, 4.69) is 141 Å². The molecule has 0 aromatic heterocycles. The molecule has 0 spiro atoms. The Morgan fingerprint density at radius 2 is 0.663 bits per heavy atom. The number of unbranched alkanes of at least 4 members (excludes halogenated alkanes) is 37. The van der Waals surface area contributed by atoms with E-state index in [9.17, 15) is 19.4 Å². The van der Waals surface area contributed by atoms with Crippen LogP contribution >= 0.6 is 7.82 Å². The summed E-state index contributed by atoms with van der Waals surface area (Å²) >= 11 is 0. The van der Waals surface area contributed by atoms with Crippen molar-refractivity contribution in [3.63, 3.8) is 0 Å². The lowest BCUT2D eigenvalue weighted by atomic mass is 10.0. The van der Waals surface area contributed by atoms with Gasteiger partial charge in [-0.05, 0) is 96.3 Å². The van der Waals surface area contributed by atoms with Crippen LogP contribution < -0.4 is 10.2 Å². The predicted octanol–water partition coefficient (Wildman–Crippen LogP) is 24.7. The minimum Gasteiger partial charge on any atom is -0.756 e. The topological polar surface area (TPSA) is 108 Å². The first-order valence-electron chi connectivity index (χ1n) is 38.5. The lowest BCUT2D eigenvalue weighted by molar-refractivity contribution is -0.870. The smallest absolute Gasteiger partial charge is 0.268 e. The highest BCUT2D eigenvalue weighted by molar-refractivity contribution is 7.45. The Kier molecular flexibility index (Phi) is 69.3. The third-order valence-electron chi connectivity index (χ3n) is 16.9. The Morgan fingerprint density at radius 3 is 0.967 bits per heavy atom. The quantitative estimate of drug-likeness (QED) is 0.0272. The number of aliphatic hydroxyl groups excluding tert-OH is 1. The van der Waals surface area contributed by atoms with Crippen molar-refractivity contribution >= 4 is 13.7 Å². The average Bonchev–Trinajstić information content (AvgIpc) is 2.63. The van der Waals surface area contributed by atoms with E-state index < -0.39 is 20.0 Å². The maximum Gasteiger partial charge on any atom is 0.268 e. The molecule has 0 bridgehead atoms. The van der Waals surface area contributed by atoms with E-state index in [1.807, 2.05) is 27.2 Å². The molecule has 0 aliphatic heterocycles. The van der Waals surface area contributed by atoms with Gasteiger partial charge in [0, 0.05) is 6.42 Å². The van der Waals surface area contributed by atoms with Crippen molar-refractivity contribution in [1.82, 2.24) is 5.32 Å². The number of nitrogens with one attached hydrogen (secondary N) is 1. The van der Waals surface area contributed by atoms with Crippen molar-refractivity contribution in [2.24, 2.45) is 0 Å². The monoisotopic (exact) mass is 1300 g/mol. The minimum atomic E-state index is -4.62. The van der Waals surface area contributed by atoms with Crippen LogP contribution in [0.1, 0.15) is 335 Å². The van der Waals surface area contributed by atoms with Crippen molar-refractivity contribution in [2.75, 3.05) is 40.9 Å². The van der Waals surface area contributed by atoms with Crippen LogP contribution in [0.25, 0.3) is 0 Å². The average molecular weight is 1300 g/mol. The number of likely N-dealkylation sites (N-methyl/N-ethyl adjacent to an activating group) is 1. The summed E-state index contributed by atoms with van der Waals surface area (Å²) in [5.41, 5.74) is 0. The van der Waals surface area contributed by atoms with Gasteiger partial charge >= 0.3 is 0 Å². The van der Waals surface area contributed by atoms with Gasteiger partial charge in [0.15, 0.2) is 0 Å². The van der Waals surface area contributed by atoms with Crippen molar-refractivity contribution in [3.05, 3.63) is 134 Å². The van der Waals surface area contributed by atoms with Gasteiger partial charge in [-0.2, -0.15) is 0 Å². The lowest BCUT2D eigenvalue weighted by Crippen LogP contribution is -2.45. The number of nitrogens with zero attached hydrogens (tertiary/aromatic N) is 1. The number of carbonyl (C=O) groups excluding carboxylic acids is 1. The van der Waals surface area contributed by atoms with Gasteiger partial charge in [0.2, 0.25) is 5.91 Å². The normalized spacial score (nSPS) is 14.3. The molecule has 9 heteroatoms. The van der Waals surface area contributed by atoms with E-state index >= 15 is 0 Å². The first kappa shape index (κ1) is 88.6. The number of aliphatic hydroxyl groups is 1. The highest BCUT2D eigenvalue weighted by atomic mass is 31.2. The summed E-state index contributed by atoms with van der Waals surface area (Å²) < 4.78 is 23.5. The van der Waals surface area contributed by atoms with Gasteiger partial charge in [0.1, 0.15) is 13.2 Å². The Hall–Kier alpha value is -3.36. The first-order valence-corrected chi connectivity index (χ1v) is 40.0.